The van der Waals surface area contributed by atoms with Crippen LogP contribution < -0.4 is 0 Å². The molecule has 1 aromatic rings. The largest absolute Gasteiger partial charge is 0.0801 e. The van der Waals surface area contributed by atoms with E-state index in [0.717, 1.165) is 17.8 Å². The number of aryl methyl sites for hydroxylation is 1. The molecule has 0 aromatic heterocycles. The molecule has 1 aromatic carbocycles. The van der Waals surface area contributed by atoms with Crippen LogP contribution in [0.5, 0.6) is 0 Å². The molecule has 6 unspecified atom stereocenters. The predicted octanol–water partition coefficient (Wildman–Crippen LogP) is 12.2. The van der Waals surface area contributed by atoms with E-state index >= 15 is 0 Å². The highest BCUT2D eigenvalue weighted by Crippen LogP contribution is 2.98. The standard InChI is InChI=1S/C35H56P2/c1-5-9-11-13-15-18-26-36-34-25-20-23-30-28-32(31-24-17-16-22-29(31)21-7-3)33(8-4)35(30,34)37(36)27-19-14-12-10-6-2/h16-17,20,22-25,30,32-33H,5-15,18-19,21,26-28H2,1-4H3. The molecule has 1 spiro atoms. The first-order chi connectivity index (χ1) is 18.2. The van der Waals surface area contributed by atoms with Crippen LogP contribution in [0.15, 0.2) is 47.8 Å². The van der Waals surface area contributed by atoms with Gasteiger partial charge in [-0.25, -0.2) is 0 Å². The number of unbranched alkanes of at least 4 members (excludes halogenated alkanes) is 9. The van der Waals surface area contributed by atoms with Crippen LogP contribution in [-0.4, -0.2) is 17.5 Å². The Bertz CT molecular complexity index is 885. The van der Waals surface area contributed by atoms with Crippen molar-refractivity contribution >= 4 is 15.2 Å². The third-order valence-electron chi connectivity index (χ3n) is 9.74. The van der Waals surface area contributed by atoms with Crippen molar-refractivity contribution in [1.82, 2.24) is 0 Å². The van der Waals surface area contributed by atoms with Gasteiger partial charge in [0.25, 0.3) is 0 Å². The predicted molar refractivity (Wildman–Crippen MR) is 171 cm³/mol. The molecule has 4 rings (SSSR count). The van der Waals surface area contributed by atoms with Crippen LogP contribution in [0, 0.1) is 11.8 Å². The number of hydrogen-bond donors (Lipinski definition) is 0. The van der Waals surface area contributed by atoms with Gasteiger partial charge in [-0.15, -0.1) is 0 Å². The molecule has 1 heterocycles. The first kappa shape index (κ1) is 29.5. The van der Waals surface area contributed by atoms with Crippen molar-refractivity contribution in [3.8, 4) is 0 Å². The Balaban J connectivity index is 1.57. The number of rotatable bonds is 17. The molecule has 0 nitrogen and oxygen atoms in total. The minimum atomic E-state index is 0.131. The summed E-state index contributed by atoms with van der Waals surface area (Å²) in [5, 5.41) is 2.55. The van der Waals surface area contributed by atoms with Crippen molar-refractivity contribution < 1.29 is 0 Å². The third-order valence-corrected chi connectivity index (χ3v) is 19.4. The van der Waals surface area contributed by atoms with E-state index in [0.29, 0.717) is 5.16 Å². The maximum atomic E-state index is 2.68. The molecule has 2 heteroatoms. The Kier molecular flexibility index (Phi) is 11.8. The van der Waals surface area contributed by atoms with E-state index in [1.165, 1.54) is 96.3 Å². The van der Waals surface area contributed by atoms with Crippen molar-refractivity contribution in [3.05, 3.63) is 58.9 Å². The molecule has 1 aliphatic heterocycles. The highest BCUT2D eigenvalue weighted by atomic mass is 32.1. The Morgan fingerprint density at radius 3 is 2.16 bits per heavy atom. The number of benzene rings is 1. The molecule has 0 amide bonds. The van der Waals surface area contributed by atoms with Crippen molar-refractivity contribution in [2.45, 2.75) is 135 Å². The fourth-order valence-corrected chi connectivity index (χ4v) is 19.8. The van der Waals surface area contributed by atoms with Gasteiger partial charge in [-0.1, -0.05) is 156 Å². The van der Waals surface area contributed by atoms with Crippen molar-refractivity contribution in [2.75, 3.05) is 12.3 Å². The second-order valence-electron chi connectivity index (χ2n) is 12.1. The molecule has 1 saturated carbocycles. The zero-order chi connectivity index (χ0) is 26.1. The van der Waals surface area contributed by atoms with Gasteiger partial charge in [0.1, 0.15) is 0 Å². The molecular weight excluding hydrogens is 482 g/mol. The Morgan fingerprint density at radius 2 is 1.46 bits per heavy atom. The minimum Gasteiger partial charge on any atom is -0.0801 e. The average Bonchev–Trinajstić information content (AvgIpc) is 3.27. The first-order valence-corrected chi connectivity index (χ1v) is 20.0. The lowest BCUT2D eigenvalue weighted by Gasteiger charge is -2.63. The van der Waals surface area contributed by atoms with Crippen molar-refractivity contribution in [1.29, 1.82) is 0 Å². The van der Waals surface area contributed by atoms with Gasteiger partial charge in [0.05, 0.1) is 0 Å². The summed E-state index contributed by atoms with van der Waals surface area (Å²) in [7, 11) is 0.269. The van der Waals surface area contributed by atoms with E-state index < -0.39 is 0 Å². The van der Waals surface area contributed by atoms with Crippen LogP contribution in [0.1, 0.15) is 135 Å². The highest BCUT2D eigenvalue weighted by molar-refractivity contribution is 8.36. The fraction of sp³-hybridized carbons (Fsp3) is 0.714. The molecule has 0 radical (unpaired) electrons. The molecular formula is C35H56P2. The van der Waals surface area contributed by atoms with Crippen LogP contribution in [0.4, 0.5) is 0 Å². The fourth-order valence-electron chi connectivity index (χ4n) is 8.10. The Hall–Kier alpha value is -0.440. The van der Waals surface area contributed by atoms with Crippen molar-refractivity contribution in [2.24, 2.45) is 11.8 Å². The third kappa shape index (κ3) is 6.17. The van der Waals surface area contributed by atoms with Gasteiger partial charge in [0.2, 0.25) is 0 Å². The van der Waals surface area contributed by atoms with Gasteiger partial charge in [0.15, 0.2) is 0 Å². The summed E-state index contributed by atoms with van der Waals surface area (Å²) < 4.78 is 0. The quantitative estimate of drug-likeness (QED) is 0.137. The summed E-state index contributed by atoms with van der Waals surface area (Å²) >= 11 is 0. The maximum absolute atomic E-state index is 2.68. The minimum absolute atomic E-state index is 0.131. The van der Waals surface area contributed by atoms with E-state index in [1.54, 1.807) is 23.5 Å². The molecule has 206 valence electrons. The van der Waals surface area contributed by atoms with E-state index in [4.69, 9.17) is 0 Å². The second-order valence-corrected chi connectivity index (χ2v) is 18.7. The summed E-state index contributed by atoms with van der Waals surface area (Å²) in [5.74, 6) is 2.43. The molecule has 2 fully saturated rings. The molecule has 0 N–H and O–H groups in total. The number of hydrogen-bond acceptors (Lipinski definition) is 0. The summed E-state index contributed by atoms with van der Waals surface area (Å²) in [6.07, 6.45) is 32.1. The summed E-state index contributed by atoms with van der Waals surface area (Å²) in [6, 6.07) is 9.58. The van der Waals surface area contributed by atoms with Gasteiger partial charge >= 0.3 is 0 Å². The van der Waals surface area contributed by atoms with Gasteiger partial charge in [-0.3, -0.25) is 0 Å². The van der Waals surface area contributed by atoms with Gasteiger partial charge in [-0.05, 0) is 72.2 Å². The average molecular weight is 539 g/mol. The van der Waals surface area contributed by atoms with Gasteiger partial charge < -0.3 is 0 Å². The molecule has 6 atom stereocenters. The van der Waals surface area contributed by atoms with Crippen LogP contribution in [0.2, 0.25) is 0 Å². The van der Waals surface area contributed by atoms with E-state index in [-0.39, 0.29) is 15.2 Å². The number of allylic oxidation sites excluding steroid dienone is 4. The lowest BCUT2D eigenvalue weighted by Crippen LogP contribution is -2.47. The van der Waals surface area contributed by atoms with Gasteiger partial charge in [0, 0.05) is 5.16 Å². The monoisotopic (exact) mass is 538 g/mol. The molecule has 0 bridgehead atoms. The smallest absolute Gasteiger partial charge is 0.0300 e. The summed E-state index contributed by atoms with van der Waals surface area (Å²) in [6.45, 7) is 9.58. The SMILES string of the molecule is CCCCCCCCP1C2=CC=CC3CC(c4ccccc4CCC)C(CC)C23P1CCCCCCC. The summed E-state index contributed by atoms with van der Waals surface area (Å²) in [4.78, 5) is 0. The van der Waals surface area contributed by atoms with Gasteiger partial charge in [-0.2, -0.15) is 0 Å². The molecule has 37 heavy (non-hydrogen) atoms. The second kappa shape index (κ2) is 14.8. The lowest BCUT2D eigenvalue weighted by atomic mass is 9.78. The van der Waals surface area contributed by atoms with E-state index in [2.05, 4.69) is 70.2 Å². The van der Waals surface area contributed by atoms with Crippen LogP contribution in [0.3, 0.4) is 0 Å². The lowest BCUT2D eigenvalue weighted by molar-refractivity contribution is 0.402. The molecule has 1 saturated heterocycles. The Labute approximate surface area is 233 Å². The zero-order valence-corrected chi connectivity index (χ0v) is 26.5. The van der Waals surface area contributed by atoms with Crippen LogP contribution in [0.25, 0.3) is 0 Å². The molecule has 3 aliphatic rings. The summed E-state index contributed by atoms with van der Waals surface area (Å²) in [5.41, 5.74) is 3.37. The van der Waals surface area contributed by atoms with Crippen LogP contribution >= 0.6 is 15.2 Å². The highest BCUT2D eigenvalue weighted by Gasteiger charge is 2.68. The molecule has 2 aliphatic carbocycles. The zero-order valence-electron chi connectivity index (χ0n) is 24.7. The normalized spacial score (nSPS) is 30.1. The Morgan fingerprint density at radius 1 is 0.784 bits per heavy atom. The van der Waals surface area contributed by atoms with E-state index in [1.807, 2.05) is 5.31 Å². The topological polar surface area (TPSA) is 0 Å². The van der Waals surface area contributed by atoms with E-state index in [9.17, 15) is 0 Å². The maximum Gasteiger partial charge on any atom is 0.0300 e. The van der Waals surface area contributed by atoms with Crippen molar-refractivity contribution in [3.63, 3.8) is 0 Å². The van der Waals surface area contributed by atoms with Crippen LogP contribution in [-0.2, 0) is 6.42 Å². The first-order valence-electron chi connectivity index (χ1n) is 16.3.